The highest BCUT2D eigenvalue weighted by atomic mass is 32.2. The SMILES string of the molecule is Cc1ccc(S(=O)(=O)N2CCC(C(=O)O[C@H]3CCCCNC3=O)CC2)c(C)c1. The van der Waals surface area contributed by atoms with Crippen LogP contribution in [0, 0.1) is 19.8 Å². The Labute approximate surface area is 166 Å². The summed E-state index contributed by atoms with van der Waals surface area (Å²) < 4.78 is 32.8. The minimum Gasteiger partial charge on any atom is -0.452 e. The molecule has 2 aliphatic heterocycles. The fourth-order valence-electron chi connectivity index (χ4n) is 3.82. The molecule has 2 saturated heterocycles. The number of rotatable bonds is 4. The number of hydrogen-bond donors (Lipinski definition) is 1. The number of carbonyl (C=O) groups is 2. The minimum atomic E-state index is -3.58. The van der Waals surface area contributed by atoms with E-state index in [9.17, 15) is 18.0 Å². The van der Waals surface area contributed by atoms with Crippen LogP contribution in [-0.2, 0) is 24.3 Å². The maximum Gasteiger partial charge on any atom is 0.309 e. The number of sulfonamides is 1. The first-order chi connectivity index (χ1) is 13.3. The predicted molar refractivity (Wildman–Crippen MR) is 104 cm³/mol. The van der Waals surface area contributed by atoms with Gasteiger partial charge in [0, 0.05) is 19.6 Å². The fraction of sp³-hybridized carbons (Fsp3) is 0.600. The Morgan fingerprint density at radius 3 is 2.54 bits per heavy atom. The van der Waals surface area contributed by atoms with Gasteiger partial charge in [-0.2, -0.15) is 4.31 Å². The maximum atomic E-state index is 13.0. The van der Waals surface area contributed by atoms with Crippen LogP contribution in [-0.4, -0.2) is 50.3 Å². The van der Waals surface area contributed by atoms with Gasteiger partial charge < -0.3 is 10.1 Å². The van der Waals surface area contributed by atoms with E-state index in [1.807, 2.05) is 13.0 Å². The van der Waals surface area contributed by atoms with Crippen LogP contribution in [0.5, 0.6) is 0 Å². The fourth-order valence-corrected chi connectivity index (χ4v) is 5.50. The van der Waals surface area contributed by atoms with Crippen LogP contribution in [0.4, 0.5) is 0 Å². The number of nitrogens with one attached hydrogen (secondary N) is 1. The zero-order chi connectivity index (χ0) is 20.3. The largest absolute Gasteiger partial charge is 0.452 e. The molecule has 3 rings (SSSR count). The summed E-state index contributed by atoms with van der Waals surface area (Å²) >= 11 is 0. The summed E-state index contributed by atoms with van der Waals surface area (Å²) in [7, 11) is -3.58. The molecular formula is C20H28N2O5S. The van der Waals surface area contributed by atoms with E-state index in [0.717, 1.165) is 24.0 Å². The molecule has 1 N–H and O–H groups in total. The number of amides is 1. The molecule has 1 aromatic rings. The molecule has 0 saturated carbocycles. The summed E-state index contributed by atoms with van der Waals surface area (Å²) in [6.07, 6.45) is 2.33. The van der Waals surface area contributed by atoms with Gasteiger partial charge in [0.2, 0.25) is 10.0 Å². The van der Waals surface area contributed by atoms with E-state index in [1.165, 1.54) is 4.31 Å². The van der Waals surface area contributed by atoms with Gasteiger partial charge in [-0.15, -0.1) is 0 Å². The Bertz CT molecular complexity index is 844. The van der Waals surface area contributed by atoms with E-state index in [2.05, 4.69) is 5.32 Å². The Kier molecular flexibility index (Phi) is 6.40. The minimum absolute atomic E-state index is 0.235. The average molecular weight is 409 g/mol. The molecule has 1 aromatic carbocycles. The second-order valence-corrected chi connectivity index (χ2v) is 9.57. The summed E-state index contributed by atoms with van der Waals surface area (Å²) in [5, 5.41) is 2.75. The summed E-state index contributed by atoms with van der Waals surface area (Å²) in [5.41, 5.74) is 1.74. The molecule has 0 aliphatic carbocycles. The summed E-state index contributed by atoms with van der Waals surface area (Å²) in [6, 6.07) is 5.29. The van der Waals surface area contributed by atoms with Crippen molar-refractivity contribution in [3.63, 3.8) is 0 Å². The molecule has 2 fully saturated rings. The van der Waals surface area contributed by atoms with E-state index >= 15 is 0 Å². The second-order valence-electron chi connectivity index (χ2n) is 7.66. The molecule has 8 heteroatoms. The Morgan fingerprint density at radius 1 is 1.14 bits per heavy atom. The molecule has 2 aliphatic rings. The first-order valence-corrected chi connectivity index (χ1v) is 11.3. The van der Waals surface area contributed by atoms with Gasteiger partial charge >= 0.3 is 5.97 Å². The molecule has 28 heavy (non-hydrogen) atoms. The van der Waals surface area contributed by atoms with Crippen molar-refractivity contribution in [2.75, 3.05) is 19.6 Å². The molecule has 1 amide bonds. The maximum absolute atomic E-state index is 13.0. The van der Waals surface area contributed by atoms with Gasteiger partial charge in [-0.1, -0.05) is 17.7 Å². The molecule has 2 heterocycles. The molecular weight excluding hydrogens is 380 g/mol. The van der Waals surface area contributed by atoms with E-state index in [-0.39, 0.29) is 24.9 Å². The summed E-state index contributed by atoms with van der Waals surface area (Å²) in [4.78, 5) is 24.7. The monoisotopic (exact) mass is 408 g/mol. The van der Waals surface area contributed by atoms with Crippen molar-refractivity contribution in [3.05, 3.63) is 29.3 Å². The molecule has 0 unspecified atom stereocenters. The highest BCUT2D eigenvalue weighted by Gasteiger charge is 2.35. The van der Waals surface area contributed by atoms with Crippen LogP contribution >= 0.6 is 0 Å². The van der Waals surface area contributed by atoms with Crippen LogP contribution in [0.3, 0.4) is 0 Å². The van der Waals surface area contributed by atoms with Gasteiger partial charge in [-0.05, 0) is 57.6 Å². The number of ether oxygens (including phenoxy) is 1. The topological polar surface area (TPSA) is 92.8 Å². The first-order valence-electron chi connectivity index (χ1n) is 9.84. The van der Waals surface area contributed by atoms with Crippen molar-refractivity contribution in [2.24, 2.45) is 5.92 Å². The van der Waals surface area contributed by atoms with Gasteiger partial charge in [-0.25, -0.2) is 8.42 Å². The number of carbonyl (C=O) groups excluding carboxylic acids is 2. The molecule has 0 bridgehead atoms. The molecule has 1 atom stereocenters. The predicted octanol–water partition coefficient (Wildman–Crippen LogP) is 1.92. The lowest BCUT2D eigenvalue weighted by atomic mass is 9.98. The van der Waals surface area contributed by atoms with Gasteiger partial charge in [-0.3, -0.25) is 9.59 Å². The number of esters is 1. The number of piperidine rings is 1. The molecule has 0 aromatic heterocycles. The molecule has 0 spiro atoms. The van der Waals surface area contributed by atoms with E-state index in [0.29, 0.717) is 30.7 Å². The average Bonchev–Trinajstić information content (AvgIpc) is 2.86. The number of benzene rings is 1. The standard InChI is InChI=1S/C20H28N2O5S/c1-14-6-7-18(15(2)13-14)28(25,26)22-11-8-16(9-12-22)20(24)27-17-5-3-4-10-21-19(17)23/h6-7,13,16-17H,3-5,8-12H2,1-2H3,(H,21,23)/t17-/m0/s1. The van der Waals surface area contributed by atoms with E-state index in [4.69, 9.17) is 4.74 Å². The lowest BCUT2D eigenvalue weighted by molar-refractivity contribution is -0.161. The van der Waals surface area contributed by atoms with Gasteiger partial charge in [0.1, 0.15) is 0 Å². The number of nitrogens with zero attached hydrogens (tertiary/aromatic N) is 1. The third-order valence-corrected chi connectivity index (χ3v) is 7.54. The Hall–Kier alpha value is -1.93. The lowest BCUT2D eigenvalue weighted by Crippen LogP contribution is -2.42. The quantitative estimate of drug-likeness (QED) is 0.769. The van der Waals surface area contributed by atoms with Crippen LogP contribution < -0.4 is 5.32 Å². The highest BCUT2D eigenvalue weighted by molar-refractivity contribution is 7.89. The Balaban J connectivity index is 1.60. The van der Waals surface area contributed by atoms with Crippen LogP contribution in [0.15, 0.2) is 23.1 Å². The highest BCUT2D eigenvalue weighted by Crippen LogP contribution is 2.27. The van der Waals surface area contributed by atoms with Crippen molar-refractivity contribution in [3.8, 4) is 0 Å². The second kappa shape index (κ2) is 8.61. The van der Waals surface area contributed by atoms with Crippen molar-refractivity contribution < 1.29 is 22.7 Å². The van der Waals surface area contributed by atoms with E-state index in [1.54, 1.807) is 19.1 Å². The smallest absolute Gasteiger partial charge is 0.309 e. The van der Waals surface area contributed by atoms with Gasteiger partial charge in [0.25, 0.3) is 5.91 Å². The van der Waals surface area contributed by atoms with Crippen LogP contribution in [0.1, 0.15) is 43.2 Å². The van der Waals surface area contributed by atoms with E-state index < -0.39 is 22.1 Å². The zero-order valence-corrected chi connectivity index (χ0v) is 17.3. The summed E-state index contributed by atoms with van der Waals surface area (Å²) in [6.45, 7) is 4.87. The normalized spacial score (nSPS) is 22.4. The third-order valence-electron chi connectivity index (χ3n) is 5.48. The van der Waals surface area contributed by atoms with Crippen molar-refractivity contribution in [2.45, 2.75) is 57.0 Å². The summed E-state index contributed by atoms with van der Waals surface area (Å²) in [5.74, 6) is -1.01. The van der Waals surface area contributed by atoms with Crippen molar-refractivity contribution in [1.82, 2.24) is 9.62 Å². The van der Waals surface area contributed by atoms with Gasteiger partial charge in [0.15, 0.2) is 6.10 Å². The van der Waals surface area contributed by atoms with Crippen molar-refractivity contribution in [1.29, 1.82) is 0 Å². The number of hydrogen-bond acceptors (Lipinski definition) is 5. The van der Waals surface area contributed by atoms with Gasteiger partial charge in [0.05, 0.1) is 10.8 Å². The third kappa shape index (κ3) is 4.55. The molecule has 7 nitrogen and oxygen atoms in total. The van der Waals surface area contributed by atoms with Crippen LogP contribution in [0.25, 0.3) is 0 Å². The van der Waals surface area contributed by atoms with Crippen molar-refractivity contribution >= 4 is 21.9 Å². The Morgan fingerprint density at radius 2 is 1.86 bits per heavy atom. The molecule has 154 valence electrons. The lowest BCUT2D eigenvalue weighted by Gasteiger charge is -2.31. The van der Waals surface area contributed by atoms with Crippen LogP contribution in [0.2, 0.25) is 0 Å². The zero-order valence-electron chi connectivity index (χ0n) is 16.4. The molecule has 0 radical (unpaired) electrons. The first kappa shape index (κ1) is 20.8. The number of aryl methyl sites for hydroxylation is 2.